The molecule has 0 spiro atoms. The molecule has 3 aromatic carbocycles. The average molecular weight is 456 g/mol. The Hall–Kier alpha value is -4.06. The maximum Gasteiger partial charge on any atom is 0.282 e. The number of methoxy groups -OCH3 is 1. The van der Waals surface area contributed by atoms with Crippen molar-refractivity contribution in [3.8, 4) is 5.75 Å². The molecule has 0 unspecified atom stereocenters. The summed E-state index contributed by atoms with van der Waals surface area (Å²) in [6, 6.07) is 22.4. The maximum absolute atomic E-state index is 13.6. The molecule has 0 saturated carbocycles. The molecule has 3 aromatic rings. The van der Waals surface area contributed by atoms with Gasteiger partial charge in [0, 0.05) is 30.5 Å². The Balaban J connectivity index is 1.74. The number of carbonyl (C=O) groups is 2. The summed E-state index contributed by atoms with van der Waals surface area (Å²) < 4.78 is 5.31. The van der Waals surface area contributed by atoms with E-state index in [0.717, 1.165) is 24.3 Å². The lowest BCUT2D eigenvalue weighted by molar-refractivity contribution is -0.120. The van der Waals surface area contributed by atoms with Gasteiger partial charge in [-0.05, 0) is 62.7 Å². The number of imide groups is 1. The molecule has 1 aliphatic rings. The third kappa shape index (κ3) is 4.39. The molecule has 174 valence electrons. The van der Waals surface area contributed by atoms with Crippen molar-refractivity contribution >= 4 is 34.4 Å². The zero-order valence-corrected chi connectivity index (χ0v) is 20.0. The number of benzene rings is 3. The molecule has 0 radical (unpaired) electrons. The van der Waals surface area contributed by atoms with E-state index in [4.69, 9.17) is 4.74 Å². The molecule has 0 aromatic heterocycles. The van der Waals surface area contributed by atoms with E-state index >= 15 is 0 Å². The van der Waals surface area contributed by atoms with Crippen LogP contribution in [-0.2, 0) is 9.59 Å². The first-order chi connectivity index (χ1) is 16.5. The van der Waals surface area contributed by atoms with E-state index in [2.05, 4.69) is 24.1 Å². The molecule has 1 N–H and O–H groups in total. The van der Waals surface area contributed by atoms with Crippen molar-refractivity contribution in [2.75, 3.05) is 35.3 Å². The molecule has 0 fully saturated rings. The van der Waals surface area contributed by atoms with Crippen LogP contribution < -0.4 is 19.9 Å². The smallest absolute Gasteiger partial charge is 0.282 e. The predicted octanol–water partition coefficient (Wildman–Crippen LogP) is 5.25. The van der Waals surface area contributed by atoms with Gasteiger partial charge in [-0.2, -0.15) is 0 Å². The minimum absolute atomic E-state index is 0.245. The highest BCUT2D eigenvalue weighted by Crippen LogP contribution is 2.35. The van der Waals surface area contributed by atoms with Crippen molar-refractivity contribution in [1.29, 1.82) is 0 Å². The number of amides is 2. The molecule has 2 amide bonds. The van der Waals surface area contributed by atoms with E-state index in [1.54, 1.807) is 13.2 Å². The van der Waals surface area contributed by atoms with E-state index in [9.17, 15) is 9.59 Å². The van der Waals surface area contributed by atoms with Crippen molar-refractivity contribution < 1.29 is 14.3 Å². The lowest BCUT2D eigenvalue weighted by Gasteiger charge is -2.22. The van der Waals surface area contributed by atoms with Gasteiger partial charge in [0.05, 0.1) is 18.4 Å². The lowest BCUT2D eigenvalue weighted by atomic mass is 10.0. The van der Waals surface area contributed by atoms with Crippen LogP contribution in [0.4, 0.5) is 17.1 Å². The highest BCUT2D eigenvalue weighted by molar-refractivity contribution is 6.46. The third-order valence-electron chi connectivity index (χ3n) is 6.00. The topological polar surface area (TPSA) is 61.9 Å². The molecule has 0 saturated heterocycles. The minimum atomic E-state index is -0.390. The number of rotatable bonds is 8. The molecule has 0 aliphatic carbocycles. The molecule has 34 heavy (non-hydrogen) atoms. The average Bonchev–Trinajstić information content (AvgIpc) is 3.10. The number of nitrogens with zero attached hydrogens (tertiary/aromatic N) is 2. The normalized spacial score (nSPS) is 13.5. The van der Waals surface area contributed by atoms with Crippen LogP contribution in [0, 0.1) is 6.92 Å². The standard InChI is InChI=1S/C28H29N3O3/c1-5-30(6-2)22-14-16-23(17-15-22)31-27(32)25(20-12-10-19(3)11-13-20)26(28(31)33)29-21-8-7-9-24(18-21)34-4/h7-18,29H,5-6H2,1-4H3. The summed E-state index contributed by atoms with van der Waals surface area (Å²) in [4.78, 5) is 30.7. The van der Waals surface area contributed by atoms with E-state index in [1.807, 2.05) is 73.7 Å². The van der Waals surface area contributed by atoms with Crippen molar-refractivity contribution in [2.24, 2.45) is 0 Å². The highest BCUT2D eigenvalue weighted by atomic mass is 16.5. The van der Waals surface area contributed by atoms with Gasteiger partial charge >= 0.3 is 0 Å². The van der Waals surface area contributed by atoms with Crippen molar-refractivity contribution in [3.05, 3.63) is 89.6 Å². The SMILES string of the molecule is CCN(CC)c1ccc(N2C(=O)C(Nc3cccc(OC)c3)=C(c3ccc(C)cc3)C2=O)cc1. The van der Waals surface area contributed by atoms with Gasteiger partial charge in [0.25, 0.3) is 11.8 Å². The molecule has 6 nitrogen and oxygen atoms in total. The van der Waals surface area contributed by atoms with Crippen LogP contribution in [0.3, 0.4) is 0 Å². The van der Waals surface area contributed by atoms with Crippen LogP contribution >= 0.6 is 0 Å². The van der Waals surface area contributed by atoms with Crippen LogP contribution in [0.15, 0.2) is 78.5 Å². The zero-order chi connectivity index (χ0) is 24.2. The second-order valence-electron chi connectivity index (χ2n) is 8.11. The minimum Gasteiger partial charge on any atom is -0.497 e. The van der Waals surface area contributed by atoms with Crippen LogP contribution in [0.2, 0.25) is 0 Å². The zero-order valence-electron chi connectivity index (χ0n) is 20.0. The number of carbonyl (C=O) groups excluding carboxylic acids is 2. The van der Waals surface area contributed by atoms with Crippen LogP contribution in [0.1, 0.15) is 25.0 Å². The van der Waals surface area contributed by atoms with Gasteiger partial charge in [0.2, 0.25) is 0 Å². The van der Waals surface area contributed by atoms with E-state index in [0.29, 0.717) is 28.3 Å². The molecule has 6 heteroatoms. The molecule has 0 bridgehead atoms. The Kier molecular flexibility index (Phi) is 6.68. The third-order valence-corrected chi connectivity index (χ3v) is 6.00. The Labute approximate surface area is 200 Å². The van der Waals surface area contributed by atoms with Crippen LogP contribution in [0.5, 0.6) is 5.75 Å². The first-order valence-corrected chi connectivity index (χ1v) is 11.4. The van der Waals surface area contributed by atoms with Gasteiger partial charge in [-0.1, -0.05) is 35.9 Å². The summed E-state index contributed by atoms with van der Waals surface area (Å²) in [5.41, 5.74) is 4.62. The number of hydrogen-bond donors (Lipinski definition) is 1. The molecule has 0 atom stereocenters. The van der Waals surface area contributed by atoms with Crippen LogP contribution in [-0.4, -0.2) is 32.0 Å². The van der Waals surface area contributed by atoms with Gasteiger partial charge in [0.1, 0.15) is 11.4 Å². The molecule has 4 rings (SSSR count). The number of hydrogen-bond acceptors (Lipinski definition) is 5. The largest absolute Gasteiger partial charge is 0.497 e. The Morgan fingerprint density at radius 3 is 2.18 bits per heavy atom. The Morgan fingerprint density at radius 1 is 0.882 bits per heavy atom. The second kappa shape index (κ2) is 9.83. The van der Waals surface area contributed by atoms with E-state index < -0.39 is 0 Å². The maximum atomic E-state index is 13.6. The second-order valence-corrected chi connectivity index (χ2v) is 8.11. The van der Waals surface area contributed by atoms with E-state index in [-0.39, 0.29) is 17.5 Å². The summed E-state index contributed by atoms with van der Waals surface area (Å²) in [5, 5.41) is 3.19. The number of anilines is 3. The monoisotopic (exact) mass is 455 g/mol. The van der Waals surface area contributed by atoms with Gasteiger partial charge in [-0.3, -0.25) is 9.59 Å². The van der Waals surface area contributed by atoms with Crippen LogP contribution in [0.25, 0.3) is 5.57 Å². The summed E-state index contributed by atoms with van der Waals surface area (Å²) in [5.74, 6) is -0.0862. The highest BCUT2D eigenvalue weighted by Gasteiger charge is 2.40. The lowest BCUT2D eigenvalue weighted by Crippen LogP contribution is -2.32. The van der Waals surface area contributed by atoms with Gasteiger partial charge < -0.3 is 15.0 Å². The fraction of sp³-hybridized carbons (Fsp3) is 0.214. The number of aryl methyl sites for hydroxylation is 1. The Morgan fingerprint density at radius 2 is 1.56 bits per heavy atom. The molecular weight excluding hydrogens is 426 g/mol. The van der Waals surface area contributed by atoms with Crippen molar-refractivity contribution in [2.45, 2.75) is 20.8 Å². The first-order valence-electron chi connectivity index (χ1n) is 11.4. The van der Waals surface area contributed by atoms with E-state index in [1.165, 1.54) is 4.90 Å². The fourth-order valence-corrected chi connectivity index (χ4v) is 4.11. The van der Waals surface area contributed by atoms with Crippen molar-refractivity contribution in [3.63, 3.8) is 0 Å². The number of nitrogens with one attached hydrogen (secondary N) is 1. The molecule has 1 aliphatic heterocycles. The first kappa shape index (κ1) is 23.1. The Bertz CT molecular complexity index is 1230. The fourth-order valence-electron chi connectivity index (χ4n) is 4.11. The summed E-state index contributed by atoms with van der Waals surface area (Å²) in [7, 11) is 1.59. The van der Waals surface area contributed by atoms with Gasteiger partial charge in [-0.25, -0.2) is 4.90 Å². The quantitative estimate of drug-likeness (QED) is 0.470. The summed E-state index contributed by atoms with van der Waals surface area (Å²) >= 11 is 0. The van der Waals surface area contributed by atoms with Gasteiger partial charge in [-0.15, -0.1) is 0 Å². The summed E-state index contributed by atoms with van der Waals surface area (Å²) in [6.45, 7) is 7.94. The molecular formula is C28H29N3O3. The summed E-state index contributed by atoms with van der Waals surface area (Å²) in [6.07, 6.45) is 0. The predicted molar refractivity (Wildman–Crippen MR) is 137 cm³/mol. The van der Waals surface area contributed by atoms with Gasteiger partial charge in [0.15, 0.2) is 0 Å². The van der Waals surface area contributed by atoms with Crippen molar-refractivity contribution in [1.82, 2.24) is 0 Å². The molecule has 1 heterocycles. The number of ether oxygens (including phenoxy) is 1.